The Kier molecular flexibility index (Phi) is 4.04. The summed E-state index contributed by atoms with van der Waals surface area (Å²) in [7, 11) is 5.23. The highest BCUT2D eigenvalue weighted by Gasteiger charge is 2.64. The molecule has 31 heavy (non-hydrogen) atoms. The van der Waals surface area contributed by atoms with Crippen LogP contribution in [0.4, 0.5) is 0 Å². The molecule has 2 heterocycles. The number of amides is 1. The Morgan fingerprint density at radius 1 is 1.23 bits per heavy atom. The highest BCUT2D eigenvalue weighted by atomic mass is 16.5. The molecule has 1 aromatic heterocycles. The number of fused-ring (bicyclic) bond motifs is 8. The minimum atomic E-state index is -0.741. The lowest BCUT2D eigenvalue weighted by Gasteiger charge is -2.39. The molecule has 1 N–H and O–H groups in total. The van der Waals surface area contributed by atoms with E-state index in [1.54, 1.807) is 19.8 Å². The summed E-state index contributed by atoms with van der Waals surface area (Å²) in [6.45, 7) is 3.12. The van der Waals surface area contributed by atoms with Crippen LogP contribution in [0, 0.1) is 28.6 Å². The summed E-state index contributed by atoms with van der Waals surface area (Å²) >= 11 is 0. The fraction of sp³-hybridized carbons (Fsp3) is 0.600. The van der Waals surface area contributed by atoms with Crippen molar-refractivity contribution in [1.29, 1.82) is 0 Å². The molecular weight excluding hydrogens is 390 g/mol. The van der Waals surface area contributed by atoms with E-state index >= 15 is 0 Å². The van der Waals surface area contributed by atoms with Crippen LogP contribution < -0.4 is 0 Å². The molecule has 1 aliphatic heterocycles. The second-order valence-electron chi connectivity index (χ2n) is 10.3. The highest BCUT2D eigenvalue weighted by Crippen LogP contribution is 2.72. The summed E-state index contributed by atoms with van der Waals surface area (Å²) in [5.74, 6) is 1.45. The third kappa shape index (κ3) is 2.35. The van der Waals surface area contributed by atoms with E-state index in [0.29, 0.717) is 31.0 Å². The SMILES string of the molecule is COCC1(COC)C(=O)N(C)C2=CC3C4=C(c5[nH]ncc5CCC4)C4(C)CC4C3C=C21. The van der Waals surface area contributed by atoms with Crippen LogP contribution in [0.2, 0.25) is 0 Å². The first-order valence-corrected chi connectivity index (χ1v) is 11.4. The maximum absolute atomic E-state index is 13.5. The molecule has 1 saturated heterocycles. The Morgan fingerprint density at radius 2 is 2.00 bits per heavy atom. The number of nitrogens with zero attached hydrogens (tertiary/aromatic N) is 2. The molecule has 1 aromatic rings. The van der Waals surface area contributed by atoms with E-state index < -0.39 is 5.41 Å². The minimum Gasteiger partial charge on any atom is -0.383 e. The first kappa shape index (κ1) is 19.5. The number of hydrogen-bond acceptors (Lipinski definition) is 4. The van der Waals surface area contributed by atoms with Crippen LogP contribution in [0.15, 0.2) is 35.2 Å². The van der Waals surface area contributed by atoms with E-state index in [-0.39, 0.29) is 11.3 Å². The van der Waals surface area contributed by atoms with Crippen molar-refractivity contribution in [3.8, 4) is 0 Å². The van der Waals surface area contributed by atoms with Gasteiger partial charge in [-0.1, -0.05) is 24.6 Å². The predicted octanol–water partition coefficient (Wildman–Crippen LogP) is 3.35. The number of aromatic nitrogens is 2. The first-order chi connectivity index (χ1) is 15.0. The van der Waals surface area contributed by atoms with Gasteiger partial charge in [0.1, 0.15) is 5.41 Å². The summed E-state index contributed by atoms with van der Waals surface area (Å²) < 4.78 is 11.1. The largest absolute Gasteiger partial charge is 0.383 e. The van der Waals surface area contributed by atoms with Crippen molar-refractivity contribution in [3.63, 3.8) is 0 Å². The Labute approximate surface area is 183 Å². The van der Waals surface area contributed by atoms with Gasteiger partial charge < -0.3 is 14.4 Å². The van der Waals surface area contributed by atoms with Crippen molar-refractivity contribution in [3.05, 3.63) is 46.4 Å². The molecule has 4 atom stereocenters. The van der Waals surface area contributed by atoms with Gasteiger partial charge >= 0.3 is 0 Å². The number of hydrogen-bond donors (Lipinski definition) is 1. The lowest BCUT2D eigenvalue weighted by atomic mass is 9.65. The number of nitrogens with one attached hydrogen (secondary N) is 1. The Morgan fingerprint density at radius 3 is 2.74 bits per heavy atom. The quantitative estimate of drug-likeness (QED) is 0.810. The molecule has 6 rings (SSSR count). The summed E-state index contributed by atoms with van der Waals surface area (Å²) in [6, 6.07) is 0. The van der Waals surface area contributed by atoms with Gasteiger partial charge in [0.25, 0.3) is 0 Å². The van der Waals surface area contributed by atoms with Crippen LogP contribution in [-0.2, 0) is 20.7 Å². The third-order valence-corrected chi connectivity index (χ3v) is 8.68. The zero-order valence-electron chi connectivity index (χ0n) is 18.8. The third-order valence-electron chi connectivity index (χ3n) is 8.68. The van der Waals surface area contributed by atoms with Crippen LogP contribution in [0.25, 0.3) is 5.57 Å². The van der Waals surface area contributed by atoms with E-state index in [0.717, 1.165) is 30.5 Å². The zero-order valence-corrected chi connectivity index (χ0v) is 18.8. The molecule has 0 radical (unpaired) electrons. The number of allylic oxidation sites excluding steroid dienone is 5. The van der Waals surface area contributed by atoms with Crippen LogP contribution in [-0.4, -0.2) is 55.5 Å². The molecule has 2 fully saturated rings. The van der Waals surface area contributed by atoms with Gasteiger partial charge in [-0.2, -0.15) is 5.10 Å². The van der Waals surface area contributed by atoms with Crippen molar-refractivity contribution >= 4 is 11.5 Å². The number of aryl methyl sites for hydroxylation is 1. The van der Waals surface area contributed by atoms with Gasteiger partial charge in [-0.05, 0) is 59.6 Å². The zero-order chi connectivity index (χ0) is 21.5. The molecular formula is C25H31N3O3. The van der Waals surface area contributed by atoms with Crippen molar-refractivity contribution in [2.24, 2.45) is 28.6 Å². The molecule has 6 heteroatoms. The molecule has 164 valence electrons. The number of ether oxygens (including phenoxy) is 2. The molecule has 4 unspecified atom stereocenters. The van der Waals surface area contributed by atoms with Crippen LogP contribution in [0.1, 0.15) is 37.4 Å². The highest BCUT2D eigenvalue weighted by molar-refractivity contribution is 5.94. The minimum absolute atomic E-state index is 0.0804. The van der Waals surface area contributed by atoms with Crippen molar-refractivity contribution < 1.29 is 14.3 Å². The monoisotopic (exact) mass is 421 g/mol. The number of methoxy groups -OCH3 is 2. The molecule has 1 saturated carbocycles. The van der Waals surface area contributed by atoms with Crippen molar-refractivity contribution in [2.75, 3.05) is 34.5 Å². The first-order valence-electron chi connectivity index (χ1n) is 11.4. The molecule has 5 aliphatic rings. The van der Waals surface area contributed by atoms with E-state index in [2.05, 4.69) is 29.3 Å². The van der Waals surface area contributed by atoms with Crippen LogP contribution >= 0.6 is 0 Å². The standard InChI is InChI=1S/C25H31N3O3/c1-24-10-19(24)17-8-18-20(28(2)23(29)25(18,12-30-3)13-31-4)9-16(17)15-7-5-6-14-11-26-27-22(14)21(15)24/h8-9,11,16-17,19H,5-7,10,12-13H2,1-4H3,(H,26,27). The van der Waals surface area contributed by atoms with Gasteiger partial charge in [0, 0.05) is 32.9 Å². The number of likely N-dealkylation sites (N-methyl/N-ethyl adjacent to an activating group) is 1. The summed E-state index contributed by atoms with van der Waals surface area (Å²) in [5, 5.41) is 7.73. The molecule has 0 aromatic carbocycles. The average Bonchev–Trinajstić information content (AvgIpc) is 3.27. The van der Waals surface area contributed by atoms with E-state index in [4.69, 9.17) is 9.47 Å². The fourth-order valence-electron chi connectivity index (χ4n) is 7.21. The van der Waals surface area contributed by atoms with E-state index in [9.17, 15) is 4.79 Å². The molecule has 0 bridgehead atoms. The number of H-pyrrole nitrogens is 1. The second-order valence-corrected chi connectivity index (χ2v) is 10.3. The number of carbonyl (C=O) groups excluding carboxylic acids is 1. The van der Waals surface area contributed by atoms with Gasteiger partial charge in [0.05, 0.1) is 25.1 Å². The Balaban J connectivity index is 1.52. The Bertz CT molecular complexity index is 1060. The average molecular weight is 422 g/mol. The van der Waals surface area contributed by atoms with Crippen molar-refractivity contribution in [1.82, 2.24) is 15.1 Å². The van der Waals surface area contributed by atoms with Crippen LogP contribution in [0.5, 0.6) is 0 Å². The molecule has 4 aliphatic carbocycles. The van der Waals surface area contributed by atoms with Gasteiger partial charge in [0.2, 0.25) is 5.91 Å². The topological polar surface area (TPSA) is 67.5 Å². The van der Waals surface area contributed by atoms with Gasteiger partial charge in [-0.15, -0.1) is 0 Å². The van der Waals surface area contributed by atoms with Gasteiger partial charge in [-0.3, -0.25) is 9.89 Å². The summed E-state index contributed by atoms with van der Waals surface area (Å²) in [5.41, 5.74) is 7.33. The van der Waals surface area contributed by atoms with Crippen molar-refractivity contribution in [2.45, 2.75) is 32.6 Å². The maximum Gasteiger partial charge on any atom is 0.242 e. The molecule has 6 nitrogen and oxygen atoms in total. The Hall–Kier alpha value is -2.18. The maximum atomic E-state index is 13.5. The number of likely N-dealkylation sites (tertiary alicyclic amines) is 1. The fourth-order valence-corrected chi connectivity index (χ4v) is 7.21. The normalized spacial score (nSPS) is 34.8. The van der Waals surface area contributed by atoms with Crippen LogP contribution in [0.3, 0.4) is 0 Å². The molecule has 1 amide bonds. The smallest absolute Gasteiger partial charge is 0.242 e. The predicted molar refractivity (Wildman–Crippen MR) is 117 cm³/mol. The van der Waals surface area contributed by atoms with E-state index in [1.807, 2.05) is 18.1 Å². The summed E-state index contributed by atoms with van der Waals surface area (Å²) in [4.78, 5) is 15.3. The summed E-state index contributed by atoms with van der Waals surface area (Å²) in [6.07, 6.45) is 11.4. The lowest BCUT2D eigenvalue weighted by Crippen LogP contribution is -2.41. The molecule has 0 spiro atoms. The second kappa shape index (κ2) is 6.42. The lowest BCUT2D eigenvalue weighted by molar-refractivity contribution is -0.138. The van der Waals surface area contributed by atoms with Gasteiger partial charge in [0.15, 0.2) is 0 Å². The number of aromatic amines is 1. The van der Waals surface area contributed by atoms with E-state index in [1.165, 1.54) is 23.3 Å². The van der Waals surface area contributed by atoms with Gasteiger partial charge in [-0.25, -0.2) is 0 Å². The number of carbonyl (C=O) groups is 1. The number of rotatable bonds is 4.